The molecule has 0 aliphatic carbocycles. The van der Waals surface area contributed by atoms with Crippen LogP contribution < -0.4 is 0 Å². The molecule has 1 aromatic heterocycles. The lowest BCUT2D eigenvalue weighted by molar-refractivity contribution is 0.0117. The van der Waals surface area contributed by atoms with Gasteiger partial charge in [0.15, 0.2) is 23.0 Å². The zero-order valence-corrected chi connectivity index (χ0v) is 12.7. The highest BCUT2D eigenvalue weighted by Crippen LogP contribution is 2.32. The number of carbonyl (C=O) groups excluding carboxylic acids is 2. The zero-order chi connectivity index (χ0) is 14.2. The van der Waals surface area contributed by atoms with Crippen molar-refractivity contribution in [3.63, 3.8) is 0 Å². The highest BCUT2D eigenvalue weighted by Gasteiger charge is 2.45. The molecule has 0 aromatic carbocycles. The van der Waals surface area contributed by atoms with Crippen LogP contribution >= 0.6 is 34.3 Å². The summed E-state index contributed by atoms with van der Waals surface area (Å²) >= 11 is 2.36. The van der Waals surface area contributed by atoms with E-state index in [1.807, 2.05) is 0 Å². The lowest BCUT2D eigenvalue weighted by Gasteiger charge is -2.19. The summed E-state index contributed by atoms with van der Waals surface area (Å²) in [6, 6.07) is -0.552. The maximum Gasteiger partial charge on any atom is 0.376 e. The molecule has 5 nitrogen and oxygen atoms in total. The van der Waals surface area contributed by atoms with Gasteiger partial charge in [0, 0.05) is 17.8 Å². The molecule has 1 aliphatic heterocycles. The average molecular weight is 402 g/mol. The molecule has 0 unspecified atom stereocenters. The van der Waals surface area contributed by atoms with Gasteiger partial charge in [-0.25, -0.2) is 18.6 Å². The molecule has 0 radical (unpaired) electrons. The van der Waals surface area contributed by atoms with Gasteiger partial charge in [-0.2, -0.15) is 0 Å². The third-order valence-electron chi connectivity index (χ3n) is 2.76. The highest BCUT2D eigenvalue weighted by atomic mass is 127. The van der Waals surface area contributed by atoms with Gasteiger partial charge in [-0.3, -0.25) is 4.79 Å². The van der Waals surface area contributed by atoms with Gasteiger partial charge >= 0.3 is 5.97 Å². The van der Waals surface area contributed by atoms with Crippen LogP contribution in [0.1, 0.15) is 33.6 Å². The van der Waals surface area contributed by atoms with Gasteiger partial charge < -0.3 is 7.97 Å². The molecule has 1 atom stereocenters. The summed E-state index contributed by atoms with van der Waals surface area (Å²) in [4.78, 5) is 28.2. The topological polar surface area (TPSA) is 59.5 Å². The first-order valence-electron chi connectivity index (χ1n) is 5.31. The van der Waals surface area contributed by atoms with Crippen molar-refractivity contribution < 1.29 is 21.4 Å². The SMILES string of the molecule is C[C@H]1CC(F)(F)CN1C(=O)c1csc(C(=O)OI)n1. The van der Waals surface area contributed by atoms with Crippen molar-refractivity contribution in [3.8, 4) is 0 Å². The van der Waals surface area contributed by atoms with E-state index in [2.05, 4.69) is 8.05 Å². The lowest BCUT2D eigenvalue weighted by atomic mass is 10.2. The van der Waals surface area contributed by atoms with Crippen molar-refractivity contribution in [2.45, 2.75) is 25.3 Å². The van der Waals surface area contributed by atoms with Gasteiger partial charge in [-0.15, -0.1) is 11.3 Å². The first kappa shape index (κ1) is 14.6. The van der Waals surface area contributed by atoms with E-state index in [1.54, 1.807) is 6.92 Å². The van der Waals surface area contributed by atoms with Gasteiger partial charge in [0.25, 0.3) is 11.8 Å². The molecule has 104 valence electrons. The predicted molar refractivity (Wildman–Crippen MR) is 71.6 cm³/mol. The fraction of sp³-hybridized carbons (Fsp3) is 0.500. The molecule has 19 heavy (non-hydrogen) atoms. The van der Waals surface area contributed by atoms with Crippen LogP contribution in [0.25, 0.3) is 0 Å². The first-order chi connectivity index (χ1) is 8.84. The lowest BCUT2D eigenvalue weighted by Crippen LogP contribution is -2.35. The van der Waals surface area contributed by atoms with E-state index in [-0.39, 0.29) is 17.1 Å². The van der Waals surface area contributed by atoms with E-state index in [4.69, 9.17) is 0 Å². The second-order valence-corrected chi connectivity index (χ2v) is 5.54. The Morgan fingerprint density at radius 1 is 1.63 bits per heavy atom. The van der Waals surface area contributed by atoms with Crippen molar-refractivity contribution >= 4 is 46.2 Å². The van der Waals surface area contributed by atoms with E-state index in [9.17, 15) is 18.4 Å². The van der Waals surface area contributed by atoms with Crippen LogP contribution in [0.2, 0.25) is 0 Å². The highest BCUT2D eigenvalue weighted by molar-refractivity contribution is 14.1. The van der Waals surface area contributed by atoms with Gasteiger partial charge in [-0.05, 0) is 6.92 Å². The minimum atomic E-state index is -2.87. The molecule has 0 spiro atoms. The standard InChI is InChI=1S/C10H9F2IN2O3S/c1-5-2-10(11,12)4-15(5)8(16)6-3-19-7(14-6)9(17)18-13/h3,5H,2,4H2,1H3/t5-/m0/s1. The Kier molecular flexibility index (Phi) is 4.04. The molecule has 1 saturated heterocycles. The quantitative estimate of drug-likeness (QED) is 0.714. The molecule has 1 aromatic rings. The van der Waals surface area contributed by atoms with Crippen LogP contribution in [0, 0.1) is 0 Å². The van der Waals surface area contributed by atoms with Crippen molar-refractivity contribution in [2.24, 2.45) is 0 Å². The Morgan fingerprint density at radius 3 is 2.84 bits per heavy atom. The maximum atomic E-state index is 13.2. The van der Waals surface area contributed by atoms with E-state index in [0.29, 0.717) is 0 Å². The normalized spacial score (nSPS) is 21.5. The zero-order valence-electron chi connectivity index (χ0n) is 9.73. The molecule has 1 fully saturated rings. The van der Waals surface area contributed by atoms with Crippen molar-refractivity contribution in [3.05, 3.63) is 16.1 Å². The van der Waals surface area contributed by atoms with E-state index in [0.717, 1.165) is 16.2 Å². The van der Waals surface area contributed by atoms with Crippen LogP contribution in [-0.4, -0.2) is 40.3 Å². The molecule has 1 amide bonds. The van der Waals surface area contributed by atoms with Gasteiger partial charge in [-0.1, -0.05) is 0 Å². The van der Waals surface area contributed by atoms with Crippen molar-refractivity contribution in [1.82, 2.24) is 9.88 Å². The number of amides is 1. The number of nitrogens with zero attached hydrogens (tertiary/aromatic N) is 2. The monoisotopic (exact) mass is 402 g/mol. The summed E-state index contributed by atoms with van der Waals surface area (Å²) in [6.07, 6.45) is -0.356. The van der Waals surface area contributed by atoms with Crippen LogP contribution in [-0.2, 0) is 3.07 Å². The first-order valence-corrected chi connectivity index (χ1v) is 7.07. The Hall–Kier alpha value is -0.840. The number of thiazole rings is 1. The number of hydrogen-bond acceptors (Lipinski definition) is 5. The van der Waals surface area contributed by atoms with Crippen LogP contribution in [0.5, 0.6) is 0 Å². The summed E-state index contributed by atoms with van der Waals surface area (Å²) in [5.74, 6) is -4.12. The third-order valence-corrected chi connectivity index (χ3v) is 3.98. The Bertz CT molecular complexity index is 523. The van der Waals surface area contributed by atoms with Crippen LogP contribution in [0.4, 0.5) is 8.78 Å². The van der Waals surface area contributed by atoms with E-state index >= 15 is 0 Å². The van der Waals surface area contributed by atoms with E-state index < -0.39 is 30.4 Å². The average Bonchev–Trinajstić information content (AvgIpc) is 2.92. The third kappa shape index (κ3) is 3.02. The number of likely N-dealkylation sites (tertiary alicyclic amines) is 1. The minimum absolute atomic E-state index is 0.00801. The van der Waals surface area contributed by atoms with Gasteiger partial charge in [0.1, 0.15) is 5.69 Å². The van der Waals surface area contributed by atoms with Crippen LogP contribution in [0.3, 0.4) is 0 Å². The summed E-state index contributed by atoms with van der Waals surface area (Å²) < 4.78 is 30.9. The number of halogens is 3. The summed E-state index contributed by atoms with van der Waals surface area (Å²) in [5.41, 5.74) is -0.00801. The summed E-state index contributed by atoms with van der Waals surface area (Å²) in [6.45, 7) is 0.946. The molecule has 1 aliphatic rings. The molecule has 0 bridgehead atoms. The predicted octanol–water partition coefficient (Wildman–Crippen LogP) is 2.52. The molecule has 0 N–H and O–H groups in total. The second-order valence-electron chi connectivity index (χ2n) is 4.24. The number of alkyl halides is 2. The van der Waals surface area contributed by atoms with Gasteiger partial charge in [0.2, 0.25) is 5.01 Å². The Balaban J connectivity index is 2.16. The molecule has 0 saturated carbocycles. The maximum absolute atomic E-state index is 13.2. The number of hydrogen-bond donors (Lipinski definition) is 0. The number of carbonyl (C=O) groups is 2. The van der Waals surface area contributed by atoms with E-state index in [1.165, 1.54) is 28.4 Å². The van der Waals surface area contributed by atoms with Crippen molar-refractivity contribution in [2.75, 3.05) is 6.54 Å². The smallest absolute Gasteiger partial charge is 0.376 e. The number of aromatic nitrogens is 1. The summed E-state index contributed by atoms with van der Waals surface area (Å²) in [5, 5.41) is 1.39. The van der Waals surface area contributed by atoms with Gasteiger partial charge in [0.05, 0.1) is 6.54 Å². The largest absolute Gasteiger partial charge is 0.389 e. The summed E-state index contributed by atoms with van der Waals surface area (Å²) in [7, 11) is 0. The molecule has 9 heteroatoms. The Labute approximate surface area is 125 Å². The van der Waals surface area contributed by atoms with Crippen molar-refractivity contribution in [1.29, 1.82) is 0 Å². The second kappa shape index (κ2) is 5.27. The fourth-order valence-corrected chi connectivity index (χ4v) is 2.95. The Morgan fingerprint density at radius 2 is 2.32 bits per heavy atom. The van der Waals surface area contributed by atoms with Crippen LogP contribution in [0.15, 0.2) is 5.38 Å². The number of rotatable bonds is 2. The molecular weight excluding hydrogens is 393 g/mol. The molecule has 2 rings (SSSR count). The molecule has 2 heterocycles. The fourth-order valence-electron chi connectivity index (χ4n) is 1.93. The molecular formula is C10H9F2IN2O3S. The minimum Gasteiger partial charge on any atom is -0.389 e.